The van der Waals surface area contributed by atoms with Crippen molar-refractivity contribution in [1.29, 1.82) is 0 Å². The number of aromatic nitrogens is 4. The molecule has 0 unspecified atom stereocenters. The normalized spacial score (nSPS) is 14.9. The van der Waals surface area contributed by atoms with Crippen molar-refractivity contribution in [2.24, 2.45) is 0 Å². The van der Waals surface area contributed by atoms with Crippen molar-refractivity contribution >= 4 is 0 Å². The molecule has 0 saturated heterocycles. The van der Waals surface area contributed by atoms with E-state index in [-0.39, 0.29) is 0 Å². The summed E-state index contributed by atoms with van der Waals surface area (Å²) in [6.07, 6.45) is 3.55. The molecule has 2 aromatic rings. The molecule has 5 nitrogen and oxygen atoms in total. The fraction of sp³-hybridized carbons (Fsp3) is 0.300. The molecule has 0 amide bonds. The van der Waals surface area contributed by atoms with Crippen LogP contribution in [0.4, 0.5) is 0 Å². The van der Waals surface area contributed by atoms with Gasteiger partial charge in [0.25, 0.3) is 0 Å². The minimum atomic E-state index is 0.853. The fourth-order valence-corrected chi connectivity index (χ4v) is 1.84. The highest BCUT2D eigenvalue weighted by Crippen LogP contribution is 2.21. The van der Waals surface area contributed by atoms with E-state index in [4.69, 9.17) is 0 Å². The third kappa shape index (κ3) is 1.41. The summed E-state index contributed by atoms with van der Waals surface area (Å²) in [7, 11) is 0. The molecule has 3 heterocycles. The van der Waals surface area contributed by atoms with Gasteiger partial charge in [-0.05, 0) is 12.1 Å². The molecule has 2 aromatic heterocycles. The molecule has 0 aliphatic carbocycles. The molecule has 0 bridgehead atoms. The van der Waals surface area contributed by atoms with Gasteiger partial charge < -0.3 is 5.32 Å². The van der Waals surface area contributed by atoms with Gasteiger partial charge in [0.2, 0.25) is 0 Å². The van der Waals surface area contributed by atoms with Crippen LogP contribution in [0.5, 0.6) is 0 Å². The van der Waals surface area contributed by atoms with E-state index in [1.165, 1.54) is 5.69 Å². The van der Waals surface area contributed by atoms with Crippen LogP contribution in [0.25, 0.3) is 11.3 Å². The molecule has 1 aliphatic heterocycles. The predicted molar refractivity (Wildman–Crippen MR) is 55.0 cm³/mol. The second kappa shape index (κ2) is 3.43. The number of nitrogens with zero attached hydrogens (tertiary/aromatic N) is 4. The Bertz CT molecular complexity index is 462. The Kier molecular flexibility index (Phi) is 1.96. The van der Waals surface area contributed by atoms with Gasteiger partial charge in [0.15, 0.2) is 0 Å². The van der Waals surface area contributed by atoms with E-state index in [9.17, 15) is 0 Å². The molecule has 1 aliphatic rings. The van der Waals surface area contributed by atoms with Gasteiger partial charge in [0.05, 0.1) is 24.1 Å². The summed E-state index contributed by atoms with van der Waals surface area (Å²) in [6.45, 7) is 2.76. The largest absolute Gasteiger partial charge is 0.309 e. The highest BCUT2D eigenvalue weighted by molar-refractivity contribution is 5.60. The van der Waals surface area contributed by atoms with Gasteiger partial charge in [-0.1, -0.05) is 0 Å². The summed E-state index contributed by atoms with van der Waals surface area (Å²) in [5, 5.41) is 15.7. The second-order valence-electron chi connectivity index (χ2n) is 3.51. The molecule has 15 heavy (non-hydrogen) atoms. The van der Waals surface area contributed by atoms with E-state index in [1.54, 1.807) is 6.20 Å². The summed E-state index contributed by atoms with van der Waals surface area (Å²) in [6, 6.07) is 3.85. The number of hydrogen-bond donors (Lipinski definition) is 1. The fourth-order valence-electron chi connectivity index (χ4n) is 1.84. The quantitative estimate of drug-likeness (QED) is 0.727. The van der Waals surface area contributed by atoms with Gasteiger partial charge in [-0.15, -0.1) is 0 Å². The van der Waals surface area contributed by atoms with E-state index in [1.807, 2.05) is 23.0 Å². The van der Waals surface area contributed by atoms with E-state index >= 15 is 0 Å². The summed E-state index contributed by atoms with van der Waals surface area (Å²) in [5.41, 5.74) is 3.17. The first-order chi connectivity index (χ1) is 7.45. The van der Waals surface area contributed by atoms with Crippen molar-refractivity contribution in [3.8, 4) is 11.3 Å². The topological polar surface area (TPSA) is 55.6 Å². The minimum absolute atomic E-state index is 0.853. The maximum absolute atomic E-state index is 4.34. The van der Waals surface area contributed by atoms with Crippen LogP contribution < -0.4 is 5.32 Å². The lowest BCUT2D eigenvalue weighted by atomic mass is 10.1. The Hall–Kier alpha value is -1.75. The molecule has 0 atom stereocenters. The van der Waals surface area contributed by atoms with Crippen molar-refractivity contribution in [2.45, 2.75) is 13.1 Å². The van der Waals surface area contributed by atoms with Gasteiger partial charge in [0, 0.05) is 24.8 Å². The van der Waals surface area contributed by atoms with E-state index in [0.717, 1.165) is 30.9 Å². The maximum atomic E-state index is 4.34. The Labute approximate surface area is 87.1 Å². The average molecular weight is 201 g/mol. The Morgan fingerprint density at radius 1 is 1.40 bits per heavy atom. The van der Waals surface area contributed by atoms with Crippen LogP contribution in [0.15, 0.2) is 24.5 Å². The Morgan fingerprint density at radius 2 is 2.40 bits per heavy atom. The molecule has 0 saturated carbocycles. The first-order valence-electron chi connectivity index (χ1n) is 4.98. The molecule has 1 N–H and O–H groups in total. The molecular weight excluding hydrogens is 190 g/mol. The summed E-state index contributed by atoms with van der Waals surface area (Å²) in [4.78, 5) is 0. The number of hydrogen-bond acceptors (Lipinski definition) is 4. The molecule has 0 spiro atoms. The highest BCUT2D eigenvalue weighted by Gasteiger charge is 2.15. The summed E-state index contributed by atoms with van der Waals surface area (Å²) in [5.74, 6) is 0. The molecule has 0 radical (unpaired) electrons. The van der Waals surface area contributed by atoms with Gasteiger partial charge in [-0.25, -0.2) is 0 Å². The standard InChI is InChI=1S/C10H11N5/c1-2-9(14-12-3-1)8-6-13-15-5-4-11-7-10(8)15/h1-3,6,11H,4-5,7H2. The average Bonchev–Trinajstić information content (AvgIpc) is 2.74. The smallest absolute Gasteiger partial charge is 0.0964 e. The van der Waals surface area contributed by atoms with Crippen LogP contribution in [0.1, 0.15) is 5.69 Å². The zero-order chi connectivity index (χ0) is 10.1. The minimum Gasteiger partial charge on any atom is -0.309 e. The zero-order valence-electron chi connectivity index (χ0n) is 8.22. The van der Waals surface area contributed by atoms with Crippen LogP contribution in [0.2, 0.25) is 0 Å². The number of nitrogens with one attached hydrogen (secondary N) is 1. The van der Waals surface area contributed by atoms with Crippen LogP contribution in [-0.2, 0) is 13.1 Å². The number of rotatable bonds is 1. The van der Waals surface area contributed by atoms with Crippen LogP contribution in [0.3, 0.4) is 0 Å². The van der Waals surface area contributed by atoms with Crippen LogP contribution in [-0.4, -0.2) is 26.5 Å². The van der Waals surface area contributed by atoms with Crippen LogP contribution >= 0.6 is 0 Å². The lowest BCUT2D eigenvalue weighted by Crippen LogP contribution is -2.28. The van der Waals surface area contributed by atoms with Gasteiger partial charge >= 0.3 is 0 Å². The number of fused-ring (bicyclic) bond motifs is 1. The van der Waals surface area contributed by atoms with Gasteiger partial charge in [0.1, 0.15) is 0 Å². The van der Waals surface area contributed by atoms with Crippen molar-refractivity contribution in [2.75, 3.05) is 6.54 Å². The lowest BCUT2D eigenvalue weighted by molar-refractivity contribution is 0.476. The molecule has 0 fully saturated rings. The lowest BCUT2D eigenvalue weighted by Gasteiger charge is -2.15. The van der Waals surface area contributed by atoms with Gasteiger partial charge in [-0.2, -0.15) is 15.3 Å². The van der Waals surface area contributed by atoms with Crippen molar-refractivity contribution in [1.82, 2.24) is 25.3 Å². The molecular formula is C10H11N5. The predicted octanol–water partition coefficient (Wildman–Crippen LogP) is 0.443. The Morgan fingerprint density at radius 3 is 3.27 bits per heavy atom. The molecule has 3 rings (SSSR count). The molecule has 76 valence electrons. The second-order valence-corrected chi connectivity index (χ2v) is 3.51. The third-order valence-electron chi connectivity index (χ3n) is 2.59. The van der Waals surface area contributed by atoms with E-state index < -0.39 is 0 Å². The SMILES string of the molecule is c1cnnc(-c2cnn3c2CNCC3)c1. The molecule has 5 heteroatoms. The van der Waals surface area contributed by atoms with E-state index in [2.05, 4.69) is 20.6 Å². The van der Waals surface area contributed by atoms with Crippen molar-refractivity contribution < 1.29 is 0 Å². The van der Waals surface area contributed by atoms with Gasteiger partial charge in [-0.3, -0.25) is 4.68 Å². The zero-order valence-corrected chi connectivity index (χ0v) is 8.22. The Balaban J connectivity index is 2.09. The first kappa shape index (κ1) is 8.55. The summed E-state index contributed by atoms with van der Waals surface area (Å²) >= 11 is 0. The monoisotopic (exact) mass is 201 g/mol. The molecule has 0 aromatic carbocycles. The maximum Gasteiger partial charge on any atom is 0.0964 e. The van der Waals surface area contributed by atoms with E-state index in [0.29, 0.717) is 0 Å². The third-order valence-corrected chi connectivity index (χ3v) is 2.59. The highest BCUT2D eigenvalue weighted by atomic mass is 15.3. The van der Waals surface area contributed by atoms with Crippen molar-refractivity contribution in [3.05, 3.63) is 30.2 Å². The summed E-state index contributed by atoms with van der Waals surface area (Å²) < 4.78 is 2.03. The van der Waals surface area contributed by atoms with Crippen molar-refractivity contribution in [3.63, 3.8) is 0 Å². The van der Waals surface area contributed by atoms with Crippen LogP contribution in [0, 0.1) is 0 Å². The first-order valence-corrected chi connectivity index (χ1v) is 4.98.